The summed E-state index contributed by atoms with van der Waals surface area (Å²) < 4.78 is 0. The average Bonchev–Trinajstić information content (AvgIpc) is 2.39. The molecule has 1 aliphatic carbocycles. The second-order valence-corrected chi connectivity index (χ2v) is 6.11. The predicted molar refractivity (Wildman–Crippen MR) is 82.7 cm³/mol. The summed E-state index contributed by atoms with van der Waals surface area (Å²) in [5.74, 6) is 0. The molecule has 4 nitrogen and oxygen atoms in total. The number of hydrogen-bond acceptors (Lipinski definition) is 2. The maximum atomic E-state index is 12.1. The number of hydrogen-bond donors (Lipinski definition) is 3. The summed E-state index contributed by atoms with van der Waals surface area (Å²) in [7, 11) is 0. The Kier molecular flexibility index (Phi) is 4.65. The van der Waals surface area contributed by atoms with Crippen molar-refractivity contribution in [1.82, 2.24) is 5.32 Å². The van der Waals surface area contributed by atoms with E-state index >= 15 is 0 Å². The number of benzene rings is 1. The lowest BCUT2D eigenvalue weighted by atomic mass is 9.83. The van der Waals surface area contributed by atoms with Gasteiger partial charge in [-0.1, -0.05) is 31.4 Å². The van der Waals surface area contributed by atoms with Gasteiger partial charge in [0.05, 0.1) is 0 Å². The lowest BCUT2D eigenvalue weighted by Gasteiger charge is -2.34. The first-order valence-corrected chi connectivity index (χ1v) is 7.43. The molecule has 0 bridgehead atoms. The Hall–Kier alpha value is -1.55. The van der Waals surface area contributed by atoms with Crippen LogP contribution in [-0.4, -0.2) is 11.6 Å². The SMILES string of the molecule is CC(N)c1ccc(NC(=O)NC2(C)CCCCC2)cc1. The van der Waals surface area contributed by atoms with Crippen LogP contribution in [0.15, 0.2) is 24.3 Å². The van der Waals surface area contributed by atoms with E-state index in [1.54, 1.807) is 0 Å². The molecular weight excluding hydrogens is 250 g/mol. The van der Waals surface area contributed by atoms with Gasteiger partial charge < -0.3 is 16.4 Å². The number of nitrogens with one attached hydrogen (secondary N) is 2. The number of urea groups is 1. The first-order chi connectivity index (χ1) is 9.48. The van der Waals surface area contributed by atoms with Crippen LogP contribution in [0.2, 0.25) is 0 Å². The fraction of sp³-hybridized carbons (Fsp3) is 0.562. The number of anilines is 1. The van der Waals surface area contributed by atoms with E-state index in [1.165, 1.54) is 19.3 Å². The third kappa shape index (κ3) is 3.97. The Labute approximate surface area is 121 Å². The lowest BCUT2D eigenvalue weighted by molar-refractivity contribution is 0.221. The van der Waals surface area contributed by atoms with Gasteiger partial charge in [-0.25, -0.2) is 4.79 Å². The smallest absolute Gasteiger partial charge is 0.319 e. The number of nitrogens with two attached hydrogens (primary N) is 1. The monoisotopic (exact) mass is 275 g/mol. The summed E-state index contributed by atoms with van der Waals surface area (Å²) in [5.41, 5.74) is 7.61. The van der Waals surface area contributed by atoms with Crippen molar-refractivity contribution in [2.45, 2.75) is 57.5 Å². The topological polar surface area (TPSA) is 67.1 Å². The molecule has 110 valence electrons. The van der Waals surface area contributed by atoms with Crippen LogP contribution in [0.3, 0.4) is 0 Å². The summed E-state index contributed by atoms with van der Waals surface area (Å²) in [6.45, 7) is 4.07. The molecule has 1 saturated carbocycles. The van der Waals surface area contributed by atoms with Gasteiger partial charge in [-0.15, -0.1) is 0 Å². The van der Waals surface area contributed by atoms with Gasteiger partial charge in [-0.3, -0.25) is 0 Å². The third-order valence-corrected chi connectivity index (χ3v) is 4.07. The molecule has 20 heavy (non-hydrogen) atoms. The molecular formula is C16H25N3O. The van der Waals surface area contributed by atoms with E-state index < -0.39 is 0 Å². The molecule has 2 rings (SSSR count). The van der Waals surface area contributed by atoms with Gasteiger partial charge in [0.2, 0.25) is 0 Å². The van der Waals surface area contributed by atoms with Crippen molar-refractivity contribution < 1.29 is 4.79 Å². The van der Waals surface area contributed by atoms with Crippen molar-refractivity contribution in [3.05, 3.63) is 29.8 Å². The first-order valence-electron chi connectivity index (χ1n) is 7.43. The zero-order valence-electron chi connectivity index (χ0n) is 12.4. The van der Waals surface area contributed by atoms with Crippen LogP contribution in [0.25, 0.3) is 0 Å². The Balaban J connectivity index is 1.90. The molecule has 4 N–H and O–H groups in total. The fourth-order valence-electron chi connectivity index (χ4n) is 2.76. The summed E-state index contributed by atoms with van der Waals surface area (Å²) in [4.78, 5) is 12.1. The number of carbonyl (C=O) groups is 1. The zero-order chi connectivity index (χ0) is 14.6. The van der Waals surface area contributed by atoms with Gasteiger partial charge >= 0.3 is 6.03 Å². The molecule has 1 atom stereocenters. The van der Waals surface area contributed by atoms with Crippen LogP contribution in [-0.2, 0) is 0 Å². The van der Waals surface area contributed by atoms with Gasteiger partial charge in [0.1, 0.15) is 0 Å². The summed E-state index contributed by atoms with van der Waals surface area (Å²) >= 11 is 0. The van der Waals surface area contributed by atoms with E-state index in [9.17, 15) is 4.79 Å². The summed E-state index contributed by atoms with van der Waals surface area (Å²) in [6.07, 6.45) is 5.78. The Morgan fingerprint density at radius 1 is 1.20 bits per heavy atom. The Morgan fingerprint density at radius 3 is 2.35 bits per heavy atom. The van der Waals surface area contributed by atoms with Crippen LogP contribution in [0.1, 0.15) is 57.6 Å². The fourth-order valence-corrected chi connectivity index (χ4v) is 2.76. The van der Waals surface area contributed by atoms with E-state index in [2.05, 4.69) is 17.6 Å². The molecule has 2 amide bonds. The van der Waals surface area contributed by atoms with Crippen LogP contribution < -0.4 is 16.4 Å². The first kappa shape index (κ1) is 14.9. The molecule has 0 aliphatic heterocycles. The standard InChI is InChI=1S/C16H25N3O/c1-12(17)13-6-8-14(9-7-13)18-15(20)19-16(2)10-4-3-5-11-16/h6-9,12H,3-5,10-11,17H2,1-2H3,(H2,18,19,20). The number of amides is 2. The summed E-state index contributed by atoms with van der Waals surface area (Å²) in [6, 6.07) is 7.57. The second-order valence-electron chi connectivity index (χ2n) is 6.11. The van der Waals surface area contributed by atoms with Crippen molar-refractivity contribution in [3.63, 3.8) is 0 Å². The molecule has 1 aromatic carbocycles. The van der Waals surface area contributed by atoms with Gasteiger partial charge in [-0.2, -0.15) is 0 Å². The number of carbonyl (C=O) groups excluding carboxylic acids is 1. The van der Waals surface area contributed by atoms with Crippen LogP contribution in [0, 0.1) is 0 Å². The average molecular weight is 275 g/mol. The highest BCUT2D eigenvalue weighted by atomic mass is 16.2. The van der Waals surface area contributed by atoms with Gasteiger partial charge in [0.15, 0.2) is 0 Å². The quantitative estimate of drug-likeness (QED) is 0.789. The third-order valence-electron chi connectivity index (χ3n) is 4.07. The largest absolute Gasteiger partial charge is 0.333 e. The van der Waals surface area contributed by atoms with Crippen LogP contribution in [0.5, 0.6) is 0 Å². The van der Waals surface area contributed by atoms with E-state index in [0.717, 1.165) is 24.1 Å². The highest BCUT2D eigenvalue weighted by Crippen LogP contribution is 2.27. The molecule has 1 aliphatic rings. The minimum atomic E-state index is -0.122. The van der Waals surface area contributed by atoms with E-state index in [4.69, 9.17) is 5.73 Å². The van der Waals surface area contributed by atoms with Crippen molar-refractivity contribution in [2.75, 3.05) is 5.32 Å². The summed E-state index contributed by atoms with van der Waals surface area (Å²) in [5, 5.41) is 6.00. The van der Waals surface area contributed by atoms with E-state index in [0.29, 0.717) is 0 Å². The molecule has 0 radical (unpaired) electrons. The molecule has 1 unspecified atom stereocenters. The van der Waals surface area contributed by atoms with Crippen molar-refractivity contribution in [1.29, 1.82) is 0 Å². The van der Waals surface area contributed by atoms with Gasteiger partial charge in [-0.05, 0) is 44.4 Å². The lowest BCUT2D eigenvalue weighted by Crippen LogP contribution is -2.48. The van der Waals surface area contributed by atoms with Crippen molar-refractivity contribution in [2.24, 2.45) is 5.73 Å². The molecule has 0 heterocycles. The predicted octanol–water partition coefficient (Wildman–Crippen LogP) is 3.55. The molecule has 0 spiro atoms. The van der Waals surface area contributed by atoms with E-state index in [-0.39, 0.29) is 17.6 Å². The second kappa shape index (κ2) is 6.27. The normalized spacial score (nSPS) is 19.1. The Bertz CT molecular complexity index is 447. The highest BCUT2D eigenvalue weighted by molar-refractivity contribution is 5.89. The maximum absolute atomic E-state index is 12.1. The molecule has 0 aromatic heterocycles. The Morgan fingerprint density at radius 2 is 1.80 bits per heavy atom. The minimum Gasteiger partial charge on any atom is -0.333 e. The minimum absolute atomic E-state index is 0.0130. The molecule has 4 heteroatoms. The number of rotatable bonds is 3. The maximum Gasteiger partial charge on any atom is 0.319 e. The molecule has 1 fully saturated rings. The van der Waals surface area contributed by atoms with Gasteiger partial charge in [0.25, 0.3) is 0 Å². The van der Waals surface area contributed by atoms with Crippen molar-refractivity contribution in [3.8, 4) is 0 Å². The van der Waals surface area contributed by atoms with Gasteiger partial charge in [0, 0.05) is 17.3 Å². The molecule has 1 aromatic rings. The zero-order valence-corrected chi connectivity index (χ0v) is 12.4. The van der Waals surface area contributed by atoms with E-state index in [1.807, 2.05) is 31.2 Å². The van der Waals surface area contributed by atoms with Crippen LogP contribution in [0.4, 0.5) is 10.5 Å². The van der Waals surface area contributed by atoms with Crippen molar-refractivity contribution >= 4 is 11.7 Å². The molecule has 0 saturated heterocycles. The van der Waals surface area contributed by atoms with Crippen LogP contribution >= 0.6 is 0 Å². The highest BCUT2D eigenvalue weighted by Gasteiger charge is 2.28.